The van der Waals surface area contributed by atoms with Gasteiger partial charge in [0.25, 0.3) is 0 Å². The minimum absolute atomic E-state index is 0.0154. The maximum Gasteiger partial charge on any atom is 0.336 e. The van der Waals surface area contributed by atoms with Gasteiger partial charge in [-0.2, -0.15) is 0 Å². The second-order valence-electron chi connectivity index (χ2n) is 12.8. The molecule has 9 heteroatoms. The zero-order valence-electron chi connectivity index (χ0n) is 26.1. The van der Waals surface area contributed by atoms with Crippen molar-refractivity contribution in [3.63, 3.8) is 0 Å². The summed E-state index contributed by atoms with van der Waals surface area (Å²) >= 11 is 6.20. The van der Waals surface area contributed by atoms with E-state index in [0.29, 0.717) is 40.7 Å². The number of nitrogens with one attached hydrogen (secondary N) is 1. The Morgan fingerprint density at radius 3 is 2.10 bits per heavy atom. The van der Waals surface area contributed by atoms with E-state index in [9.17, 15) is 14.7 Å². The van der Waals surface area contributed by atoms with Crippen LogP contribution in [0.15, 0.2) is 53.7 Å². The molecule has 0 fully saturated rings. The molecule has 0 aliphatic heterocycles. The van der Waals surface area contributed by atoms with Crippen LogP contribution in [0.4, 0.5) is 0 Å². The average molecular weight is 602 g/mol. The summed E-state index contributed by atoms with van der Waals surface area (Å²) in [7, 11) is 3.17. The molecule has 0 radical (unpaired) electrons. The molecule has 0 unspecified atom stereocenters. The Balaban J connectivity index is 2.11. The van der Waals surface area contributed by atoms with Crippen LogP contribution in [0.5, 0.6) is 11.5 Å². The third-order valence-corrected chi connectivity index (χ3v) is 7.13. The zero-order chi connectivity index (χ0) is 31.5. The van der Waals surface area contributed by atoms with Crippen LogP contribution in [0.1, 0.15) is 71.9 Å². The van der Waals surface area contributed by atoms with E-state index in [1.165, 1.54) is 0 Å². The minimum atomic E-state index is -1.55. The van der Waals surface area contributed by atoms with Crippen LogP contribution in [-0.2, 0) is 25.5 Å². The summed E-state index contributed by atoms with van der Waals surface area (Å²) in [6.07, 6.45) is 0.607. The minimum Gasteiger partial charge on any atom is -0.493 e. The van der Waals surface area contributed by atoms with Crippen molar-refractivity contribution < 1.29 is 33.6 Å². The van der Waals surface area contributed by atoms with Crippen LogP contribution in [-0.4, -0.2) is 54.6 Å². The highest BCUT2D eigenvalue weighted by atomic mass is 35.5. The average Bonchev–Trinajstić information content (AvgIpc) is 2.85. The molecule has 2 aromatic carbocycles. The Hall–Kier alpha value is -3.23. The van der Waals surface area contributed by atoms with E-state index in [-0.39, 0.29) is 12.0 Å². The summed E-state index contributed by atoms with van der Waals surface area (Å²) in [6, 6.07) is 12.6. The predicted octanol–water partition coefficient (Wildman–Crippen LogP) is 5.98. The van der Waals surface area contributed by atoms with Crippen LogP contribution >= 0.6 is 11.6 Å². The van der Waals surface area contributed by atoms with Gasteiger partial charge in [0.15, 0.2) is 11.5 Å². The molecule has 230 valence electrons. The first kappa shape index (κ1) is 33.3. The number of esters is 2. The SMILES string of the molecule is COc1ccc(CCNC2=C(C(=O)OC(C)(C)C)[C@H](c3ccc(Cl)cc3)[C@H](C(=O)OC(C)(C)C)[C@](C)(O)C2)cc1OC. The molecule has 3 atom stereocenters. The smallest absolute Gasteiger partial charge is 0.336 e. The molecule has 0 aromatic heterocycles. The lowest BCUT2D eigenvalue weighted by molar-refractivity contribution is -0.171. The number of hydrogen-bond acceptors (Lipinski definition) is 8. The van der Waals surface area contributed by atoms with E-state index in [1.54, 1.807) is 87.0 Å². The van der Waals surface area contributed by atoms with Crippen LogP contribution in [0.25, 0.3) is 0 Å². The predicted molar refractivity (Wildman–Crippen MR) is 163 cm³/mol. The van der Waals surface area contributed by atoms with Gasteiger partial charge in [-0.3, -0.25) is 4.79 Å². The van der Waals surface area contributed by atoms with Crippen molar-refractivity contribution in [2.45, 2.75) is 84.0 Å². The van der Waals surface area contributed by atoms with Gasteiger partial charge in [-0.15, -0.1) is 0 Å². The first-order valence-corrected chi connectivity index (χ1v) is 14.5. The third-order valence-electron chi connectivity index (χ3n) is 6.88. The molecule has 42 heavy (non-hydrogen) atoms. The van der Waals surface area contributed by atoms with Crippen molar-refractivity contribution in [2.75, 3.05) is 20.8 Å². The Kier molecular flexibility index (Phi) is 10.3. The van der Waals surface area contributed by atoms with E-state index in [4.69, 9.17) is 30.5 Å². The Morgan fingerprint density at radius 2 is 1.55 bits per heavy atom. The highest BCUT2D eigenvalue weighted by Crippen LogP contribution is 2.48. The Morgan fingerprint density at radius 1 is 0.952 bits per heavy atom. The maximum absolute atomic E-state index is 13.9. The molecule has 0 heterocycles. The second kappa shape index (κ2) is 13.0. The molecule has 1 aliphatic rings. The van der Waals surface area contributed by atoms with E-state index < -0.39 is 40.6 Å². The van der Waals surface area contributed by atoms with Gasteiger partial charge in [-0.25, -0.2) is 4.79 Å². The van der Waals surface area contributed by atoms with Crippen molar-refractivity contribution in [3.05, 3.63) is 69.9 Å². The fraction of sp³-hybridized carbons (Fsp3) is 0.515. The molecule has 0 saturated carbocycles. The van der Waals surface area contributed by atoms with Crippen molar-refractivity contribution in [1.82, 2.24) is 5.32 Å². The van der Waals surface area contributed by atoms with Gasteiger partial charge in [0.05, 0.1) is 31.3 Å². The number of aliphatic hydroxyl groups is 1. The van der Waals surface area contributed by atoms with Gasteiger partial charge >= 0.3 is 11.9 Å². The number of benzene rings is 2. The molecular formula is C33H44ClNO7. The van der Waals surface area contributed by atoms with Crippen LogP contribution in [0.2, 0.25) is 5.02 Å². The monoisotopic (exact) mass is 601 g/mol. The molecule has 2 aromatic rings. The number of rotatable bonds is 9. The highest BCUT2D eigenvalue weighted by Gasteiger charge is 2.53. The molecule has 0 amide bonds. The van der Waals surface area contributed by atoms with Crippen LogP contribution in [0, 0.1) is 5.92 Å². The van der Waals surface area contributed by atoms with Crippen molar-refractivity contribution in [3.8, 4) is 11.5 Å². The largest absolute Gasteiger partial charge is 0.493 e. The standard InChI is InChI=1S/C33H44ClNO7/c1-31(2,3)41-29(36)27-23(35-17-16-20-10-15-24(39-8)25(18-20)40-9)19-33(7,38)28(30(37)42-32(4,5)6)26(27)21-11-13-22(34)14-12-21/h10-15,18,26,28,35,38H,16-17,19H2,1-9H3/t26-,28+,33+/m0/s1. The quantitative estimate of drug-likeness (QED) is 0.338. The fourth-order valence-corrected chi connectivity index (χ4v) is 5.32. The molecule has 1 aliphatic carbocycles. The maximum atomic E-state index is 13.9. The highest BCUT2D eigenvalue weighted by molar-refractivity contribution is 6.30. The summed E-state index contributed by atoms with van der Waals surface area (Å²) in [5.41, 5.74) is -0.731. The number of carbonyl (C=O) groups excluding carboxylic acids is 2. The van der Waals surface area contributed by atoms with Gasteiger partial charge < -0.3 is 29.4 Å². The Labute approximate surface area is 254 Å². The molecule has 8 nitrogen and oxygen atoms in total. The molecule has 2 N–H and O–H groups in total. The van der Waals surface area contributed by atoms with Gasteiger partial charge in [-0.1, -0.05) is 29.8 Å². The molecule has 0 spiro atoms. The summed E-state index contributed by atoms with van der Waals surface area (Å²) in [5.74, 6) is -1.87. The number of halogens is 1. The van der Waals surface area contributed by atoms with Crippen molar-refractivity contribution >= 4 is 23.5 Å². The van der Waals surface area contributed by atoms with Crippen molar-refractivity contribution in [2.24, 2.45) is 5.92 Å². The van der Waals surface area contributed by atoms with Crippen LogP contribution in [0.3, 0.4) is 0 Å². The molecule has 3 rings (SSSR count). The summed E-state index contributed by atoms with van der Waals surface area (Å²) < 4.78 is 22.4. The van der Waals surface area contributed by atoms with E-state index in [2.05, 4.69) is 5.32 Å². The van der Waals surface area contributed by atoms with Gasteiger partial charge in [-0.05, 0) is 90.3 Å². The van der Waals surface area contributed by atoms with E-state index in [0.717, 1.165) is 5.56 Å². The van der Waals surface area contributed by atoms with Gasteiger partial charge in [0.2, 0.25) is 0 Å². The molecular weight excluding hydrogens is 558 g/mol. The van der Waals surface area contributed by atoms with E-state index >= 15 is 0 Å². The second-order valence-corrected chi connectivity index (χ2v) is 13.3. The normalized spacial score (nSPS) is 21.0. The van der Waals surface area contributed by atoms with E-state index in [1.807, 2.05) is 18.2 Å². The first-order valence-electron chi connectivity index (χ1n) is 14.1. The molecule has 0 saturated heterocycles. The summed E-state index contributed by atoms with van der Waals surface area (Å²) in [5, 5.41) is 15.8. The number of hydrogen-bond donors (Lipinski definition) is 2. The third kappa shape index (κ3) is 8.42. The lowest BCUT2D eigenvalue weighted by atomic mass is 9.65. The van der Waals surface area contributed by atoms with Crippen molar-refractivity contribution in [1.29, 1.82) is 0 Å². The number of carbonyl (C=O) groups is 2. The first-order chi connectivity index (χ1) is 19.5. The number of ether oxygens (including phenoxy) is 4. The Bertz CT molecular complexity index is 1300. The van der Waals surface area contributed by atoms with Crippen LogP contribution < -0.4 is 14.8 Å². The summed E-state index contributed by atoms with van der Waals surface area (Å²) in [6.45, 7) is 12.7. The zero-order valence-corrected chi connectivity index (χ0v) is 26.8. The number of methoxy groups -OCH3 is 2. The topological polar surface area (TPSA) is 103 Å². The molecule has 0 bridgehead atoms. The lowest BCUT2D eigenvalue weighted by Gasteiger charge is -2.44. The van der Waals surface area contributed by atoms with Gasteiger partial charge in [0.1, 0.15) is 11.2 Å². The summed E-state index contributed by atoms with van der Waals surface area (Å²) in [4.78, 5) is 27.6. The van der Waals surface area contributed by atoms with Gasteiger partial charge in [0, 0.05) is 29.6 Å². The fourth-order valence-electron chi connectivity index (χ4n) is 5.20. The lowest BCUT2D eigenvalue weighted by Crippen LogP contribution is -2.52.